The van der Waals surface area contributed by atoms with E-state index in [9.17, 15) is 0 Å². The van der Waals surface area contributed by atoms with E-state index >= 15 is 0 Å². The molecule has 8 heteroatoms. The van der Waals surface area contributed by atoms with E-state index in [1.165, 1.54) is 17.3 Å². The molecular weight excluding hydrogens is 406 g/mol. The molecule has 148 valence electrons. The molecule has 0 saturated heterocycles. The van der Waals surface area contributed by atoms with E-state index in [0.717, 1.165) is 35.1 Å². The summed E-state index contributed by atoms with van der Waals surface area (Å²) in [5.41, 5.74) is 3.09. The first-order valence-corrected chi connectivity index (χ1v) is 10.7. The first-order chi connectivity index (χ1) is 14.1. The zero-order valence-corrected chi connectivity index (χ0v) is 17.7. The van der Waals surface area contributed by atoms with Gasteiger partial charge in [0.2, 0.25) is 11.7 Å². The van der Waals surface area contributed by atoms with Crippen molar-refractivity contribution < 1.29 is 4.52 Å². The third-order valence-corrected chi connectivity index (χ3v) is 5.50. The van der Waals surface area contributed by atoms with Crippen molar-refractivity contribution in [2.75, 3.05) is 0 Å². The fourth-order valence-corrected chi connectivity index (χ4v) is 4.00. The third-order valence-electron chi connectivity index (χ3n) is 4.32. The van der Waals surface area contributed by atoms with Crippen LogP contribution in [0.25, 0.3) is 22.8 Å². The van der Waals surface area contributed by atoms with Crippen LogP contribution in [-0.4, -0.2) is 24.9 Å². The molecule has 0 aliphatic rings. The highest BCUT2D eigenvalue weighted by Crippen LogP contribution is 2.28. The summed E-state index contributed by atoms with van der Waals surface area (Å²) in [6, 6.07) is 15.7. The van der Waals surface area contributed by atoms with Gasteiger partial charge in [-0.05, 0) is 31.5 Å². The maximum absolute atomic E-state index is 6.04. The van der Waals surface area contributed by atoms with E-state index in [0.29, 0.717) is 22.5 Å². The lowest BCUT2D eigenvalue weighted by Crippen LogP contribution is -2.02. The Kier molecular flexibility index (Phi) is 5.97. The second kappa shape index (κ2) is 8.80. The van der Waals surface area contributed by atoms with Crippen LogP contribution < -0.4 is 0 Å². The minimum atomic E-state index is 0.517. The molecule has 4 rings (SSSR count). The lowest BCUT2D eigenvalue weighted by atomic mass is 10.1. The first-order valence-electron chi connectivity index (χ1n) is 9.35. The minimum Gasteiger partial charge on any atom is -0.338 e. The van der Waals surface area contributed by atoms with Gasteiger partial charge in [0.1, 0.15) is 0 Å². The van der Waals surface area contributed by atoms with Crippen molar-refractivity contribution >= 4 is 23.4 Å². The average molecular weight is 426 g/mol. The van der Waals surface area contributed by atoms with Crippen molar-refractivity contribution in [2.24, 2.45) is 0 Å². The predicted octanol–water partition coefficient (Wildman–Crippen LogP) is 5.66. The summed E-state index contributed by atoms with van der Waals surface area (Å²) in [4.78, 5) is 4.47. The Labute approximate surface area is 178 Å². The lowest BCUT2D eigenvalue weighted by Gasteiger charge is -2.08. The molecule has 0 radical (unpaired) electrons. The van der Waals surface area contributed by atoms with Gasteiger partial charge in [0.05, 0.1) is 5.75 Å². The van der Waals surface area contributed by atoms with E-state index in [4.69, 9.17) is 16.1 Å². The fraction of sp³-hybridized carbons (Fsp3) is 0.238. The molecule has 2 heterocycles. The van der Waals surface area contributed by atoms with Crippen molar-refractivity contribution in [1.29, 1.82) is 0 Å². The molecule has 0 fully saturated rings. The second-order valence-electron chi connectivity index (χ2n) is 6.64. The molecule has 0 aliphatic heterocycles. The Morgan fingerprint density at radius 3 is 2.69 bits per heavy atom. The number of hydrogen-bond donors (Lipinski definition) is 0. The molecule has 0 spiro atoms. The summed E-state index contributed by atoms with van der Waals surface area (Å²) in [5.74, 6) is 2.46. The average Bonchev–Trinajstić information content (AvgIpc) is 3.34. The van der Waals surface area contributed by atoms with Crippen LogP contribution in [0.4, 0.5) is 0 Å². The number of aromatic nitrogens is 5. The smallest absolute Gasteiger partial charge is 0.237 e. The predicted molar refractivity (Wildman–Crippen MR) is 115 cm³/mol. The van der Waals surface area contributed by atoms with E-state index < -0.39 is 0 Å². The molecular formula is C21H20ClN5OS. The van der Waals surface area contributed by atoms with Gasteiger partial charge < -0.3 is 9.09 Å². The van der Waals surface area contributed by atoms with Crippen molar-refractivity contribution in [1.82, 2.24) is 24.9 Å². The summed E-state index contributed by atoms with van der Waals surface area (Å²) in [7, 11) is 0. The highest BCUT2D eigenvalue weighted by Gasteiger charge is 2.16. The quantitative estimate of drug-likeness (QED) is 0.356. The van der Waals surface area contributed by atoms with Crippen molar-refractivity contribution in [3.63, 3.8) is 0 Å². The summed E-state index contributed by atoms with van der Waals surface area (Å²) >= 11 is 7.58. The summed E-state index contributed by atoms with van der Waals surface area (Å²) in [5, 5.41) is 14.4. The maximum atomic E-state index is 6.04. The number of benzene rings is 2. The zero-order valence-electron chi connectivity index (χ0n) is 16.2. The highest BCUT2D eigenvalue weighted by atomic mass is 35.5. The maximum Gasteiger partial charge on any atom is 0.237 e. The third kappa shape index (κ3) is 4.52. The van der Waals surface area contributed by atoms with Gasteiger partial charge in [-0.15, -0.1) is 10.2 Å². The Hall–Kier alpha value is -2.64. The topological polar surface area (TPSA) is 69.6 Å². The summed E-state index contributed by atoms with van der Waals surface area (Å²) < 4.78 is 7.55. The van der Waals surface area contributed by atoms with Crippen LogP contribution in [0, 0.1) is 6.92 Å². The van der Waals surface area contributed by atoms with Crippen LogP contribution >= 0.6 is 23.4 Å². The standard InChI is InChI=1S/C21H20ClN5OS/c1-3-10-27-20(16-8-4-6-14(2)11-16)24-25-21(27)29-13-18-23-19(26-28-18)15-7-5-9-17(22)12-15/h4-9,11-12H,3,10,13H2,1-2H3. The van der Waals surface area contributed by atoms with Crippen LogP contribution in [0.1, 0.15) is 24.8 Å². The number of aryl methyl sites for hydroxylation is 1. The molecule has 0 unspecified atom stereocenters. The van der Waals surface area contributed by atoms with Gasteiger partial charge in [0, 0.05) is 22.7 Å². The number of nitrogens with zero attached hydrogens (tertiary/aromatic N) is 5. The van der Waals surface area contributed by atoms with E-state index in [2.05, 4.69) is 57.0 Å². The first kappa shape index (κ1) is 19.7. The van der Waals surface area contributed by atoms with Crippen LogP contribution in [-0.2, 0) is 12.3 Å². The minimum absolute atomic E-state index is 0.517. The summed E-state index contributed by atoms with van der Waals surface area (Å²) in [6.45, 7) is 5.06. The Bertz CT molecular complexity index is 1120. The van der Waals surface area contributed by atoms with Gasteiger partial charge in [-0.3, -0.25) is 0 Å². The van der Waals surface area contributed by atoms with E-state index in [-0.39, 0.29) is 0 Å². The molecule has 0 aliphatic carbocycles. The Balaban J connectivity index is 1.53. The SMILES string of the molecule is CCCn1c(SCc2nc(-c3cccc(Cl)c3)no2)nnc1-c1cccc(C)c1. The molecule has 0 saturated carbocycles. The fourth-order valence-electron chi connectivity index (χ4n) is 3.00. The molecule has 0 amide bonds. The molecule has 2 aromatic heterocycles. The van der Waals surface area contributed by atoms with Gasteiger partial charge in [-0.25, -0.2) is 0 Å². The van der Waals surface area contributed by atoms with Gasteiger partial charge in [0.15, 0.2) is 11.0 Å². The molecule has 2 aromatic carbocycles. The molecule has 0 N–H and O–H groups in total. The molecule has 0 atom stereocenters. The zero-order chi connectivity index (χ0) is 20.2. The van der Waals surface area contributed by atoms with Crippen molar-refractivity contribution in [3.05, 3.63) is 65.0 Å². The molecule has 0 bridgehead atoms. The van der Waals surface area contributed by atoms with Crippen LogP contribution in [0.5, 0.6) is 0 Å². The molecule has 4 aromatic rings. The van der Waals surface area contributed by atoms with Crippen LogP contribution in [0.2, 0.25) is 5.02 Å². The number of rotatable bonds is 7. The second-order valence-corrected chi connectivity index (χ2v) is 8.02. The summed E-state index contributed by atoms with van der Waals surface area (Å²) in [6.07, 6.45) is 0.990. The van der Waals surface area contributed by atoms with Crippen LogP contribution in [0.3, 0.4) is 0 Å². The Morgan fingerprint density at radius 2 is 1.90 bits per heavy atom. The molecule has 29 heavy (non-hydrogen) atoms. The van der Waals surface area contributed by atoms with Gasteiger partial charge in [-0.1, -0.05) is 71.3 Å². The van der Waals surface area contributed by atoms with E-state index in [1.54, 1.807) is 0 Å². The van der Waals surface area contributed by atoms with E-state index in [1.807, 2.05) is 30.3 Å². The lowest BCUT2D eigenvalue weighted by molar-refractivity contribution is 0.391. The number of halogens is 1. The Morgan fingerprint density at radius 1 is 1.07 bits per heavy atom. The monoisotopic (exact) mass is 425 g/mol. The normalized spacial score (nSPS) is 11.1. The van der Waals surface area contributed by atoms with Crippen molar-refractivity contribution in [3.8, 4) is 22.8 Å². The number of hydrogen-bond acceptors (Lipinski definition) is 6. The highest BCUT2D eigenvalue weighted by molar-refractivity contribution is 7.98. The van der Waals surface area contributed by atoms with Gasteiger partial charge in [-0.2, -0.15) is 4.98 Å². The largest absolute Gasteiger partial charge is 0.338 e. The van der Waals surface area contributed by atoms with Crippen LogP contribution in [0.15, 0.2) is 58.2 Å². The van der Waals surface area contributed by atoms with Crippen molar-refractivity contribution in [2.45, 2.75) is 37.7 Å². The molecule has 6 nitrogen and oxygen atoms in total. The van der Waals surface area contributed by atoms with Gasteiger partial charge >= 0.3 is 0 Å². The van der Waals surface area contributed by atoms with Gasteiger partial charge in [0.25, 0.3) is 0 Å². The number of thioether (sulfide) groups is 1.